The molecule has 1 aliphatic heterocycles. The summed E-state index contributed by atoms with van der Waals surface area (Å²) in [5, 5.41) is -0.372. The molecule has 0 bridgehead atoms. The third-order valence-electron chi connectivity index (χ3n) is 5.84. The lowest BCUT2D eigenvalue weighted by molar-refractivity contribution is -0.0673. The van der Waals surface area contributed by atoms with E-state index in [2.05, 4.69) is 13.8 Å². The van der Waals surface area contributed by atoms with Gasteiger partial charge in [-0.25, -0.2) is 0 Å². The van der Waals surface area contributed by atoms with Crippen molar-refractivity contribution in [2.45, 2.75) is 63.5 Å². The predicted molar refractivity (Wildman–Crippen MR) is 99.4 cm³/mol. The Morgan fingerprint density at radius 2 is 1.72 bits per heavy atom. The van der Waals surface area contributed by atoms with Crippen molar-refractivity contribution in [1.29, 1.82) is 0 Å². The minimum absolute atomic E-state index is 0.372. The Morgan fingerprint density at radius 3 is 2.24 bits per heavy atom. The molecule has 2 aliphatic rings. The molecule has 1 aromatic rings. The zero-order valence-electron chi connectivity index (χ0n) is 15.3. The minimum atomic E-state index is -3.55. The van der Waals surface area contributed by atoms with Gasteiger partial charge in [-0.2, -0.15) is 8.42 Å². The van der Waals surface area contributed by atoms with Crippen LogP contribution in [0.4, 0.5) is 0 Å². The van der Waals surface area contributed by atoms with E-state index in [1.165, 1.54) is 5.56 Å². The first-order chi connectivity index (χ1) is 12.0. The van der Waals surface area contributed by atoms with Gasteiger partial charge in [-0.3, -0.25) is 0 Å². The van der Waals surface area contributed by atoms with Gasteiger partial charge in [-0.05, 0) is 61.6 Å². The molecular weight excluding hydrogens is 336 g/mol. The second kappa shape index (κ2) is 8.09. The van der Waals surface area contributed by atoms with Gasteiger partial charge in [-0.15, -0.1) is 0 Å². The van der Waals surface area contributed by atoms with Gasteiger partial charge in [0.2, 0.25) is 0 Å². The highest BCUT2D eigenvalue weighted by Crippen LogP contribution is 2.36. The number of benzene rings is 1. The average molecular weight is 367 g/mol. The smallest absolute Gasteiger partial charge is 0.312 e. The van der Waals surface area contributed by atoms with E-state index in [4.69, 9.17) is 8.92 Å². The molecule has 0 N–H and O–H groups in total. The molecule has 0 spiro atoms. The number of hydrogen-bond donors (Lipinski definition) is 0. The van der Waals surface area contributed by atoms with E-state index in [-0.39, 0.29) is 5.25 Å². The molecule has 1 unspecified atom stereocenters. The number of ether oxygens (including phenoxy) is 1. The fourth-order valence-electron chi connectivity index (χ4n) is 4.03. The number of rotatable bonds is 7. The first kappa shape index (κ1) is 18.7. The van der Waals surface area contributed by atoms with E-state index < -0.39 is 10.1 Å². The van der Waals surface area contributed by atoms with E-state index in [1.54, 1.807) is 12.1 Å². The molecular formula is C20H30O4S. The molecule has 5 heteroatoms. The Morgan fingerprint density at radius 1 is 1.08 bits per heavy atom. The fraction of sp³-hybridized carbons (Fsp3) is 0.700. The van der Waals surface area contributed by atoms with Gasteiger partial charge < -0.3 is 8.92 Å². The van der Waals surface area contributed by atoms with Crippen LogP contribution in [0, 0.1) is 11.8 Å². The lowest BCUT2D eigenvalue weighted by atomic mass is 9.79. The lowest BCUT2D eigenvalue weighted by Crippen LogP contribution is -2.39. The van der Waals surface area contributed by atoms with Crippen molar-refractivity contribution in [3.8, 4) is 5.75 Å². The van der Waals surface area contributed by atoms with Crippen LogP contribution in [0.25, 0.3) is 0 Å². The highest BCUT2D eigenvalue weighted by Gasteiger charge is 2.37. The summed E-state index contributed by atoms with van der Waals surface area (Å²) in [6, 6.07) is 7.55. The highest BCUT2D eigenvalue weighted by molar-refractivity contribution is 7.87. The third-order valence-corrected chi connectivity index (χ3v) is 7.55. The van der Waals surface area contributed by atoms with Crippen LogP contribution in [0.5, 0.6) is 5.75 Å². The molecule has 140 valence electrons. The van der Waals surface area contributed by atoms with Crippen molar-refractivity contribution < 1.29 is 17.3 Å². The topological polar surface area (TPSA) is 52.6 Å². The SMILES string of the molecule is CCCC(C)c1ccc(OS(=O)(=O)C2CCC(C3COC3)CC2)cc1. The molecule has 1 saturated heterocycles. The van der Waals surface area contributed by atoms with Crippen LogP contribution in [0.2, 0.25) is 0 Å². The van der Waals surface area contributed by atoms with Crippen molar-refractivity contribution >= 4 is 10.1 Å². The summed E-state index contributed by atoms with van der Waals surface area (Å²) in [4.78, 5) is 0. The maximum atomic E-state index is 12.6. The van der Waals surface area contributed by atoms with Crippen LogP contribution in [-0.4, -0.2) is 26.9 Å². The summed E-state index contributed by atoms with van der Waals surface area (Å²) in [5.74, 6) is 2.19. The quantitative estimate of drug-likeness (QED) is 0.667. The maximum absolute atomic E-state index is 12.6. The first-order valence-electron chi connectivity index (χ1n) is 9.60. The molecule has 0 amide bonds. The Labute approximate surface area is 152 Å². The Balaban J connectivity index is 1.56. The summed E-state index contributed by atoms with van der Waals surface area (Å²) >= 11 is 0. The van der Waals surface area contributed by atoms with Gasteiger partial charge in [0.1, 0.15) is 5.75 Å². The van der Waals surface area contributed by atoms with Gasteiger partial charge in [0.15, 0.2) is 0 Å². The first-order valence-corrected chi connectivity index (χ1v) is 11.1. The fourth-order valence-corrected chi connectivity index (χ4v) is 5.39. The molecule has 1 atom stereocenters. The zero-order valence-corrected chi connectivity index (χ0v) is 16.1. The lowest BCUT2D eigenvalue weighted by Gasteiger charge is -2.37. The van der Waals surface area contributed by atoms with E-state index in [0.29, 0.717) is 36.3 Å². The monoisotopic (exact) mass is 366 g/mol. The van der Waals surface area contributed by atoms with Crippen molar-refractivity contribution in [3.05, 3.63) is 29.8 Å². The van der Waals surface area contributed by atoms with Gasteiger partial charge in [0.25, 0.3) is 0 Å². The molecule has 25 heavy (non-hydrogen) atoms. The standard InChI is InChI=1S/C20H30O4S/c1-3-4-15(2)16-5-9-19(10-6-16)24-25(21,22)20-11-7-17(8-12-20)18-13-23-14-18/h5-6,9-10,15,17-18,20H,3-4,7-8,11-14H2,1-2H3. The van der Waals surface area contributed by atoms with Crippen LogP contribution in [0.3, 0.4) is 0 Å². The van der Waals surface area contributed by atoms with E-state index >= 15 is 0 Å². The van der Waals surface area contributed by atoms with Gasteiger partial charge in [0.05, 0.1) is 18.5 Å². The average Bonchev–Trinajstić information content (AvgIpc) is 2.54. The van der Waals surface area contributed by atoms with Crippen molar-refractivity contribution in [2.24, 2.45) is 11.8 Å². The minimum Gasteiger partial charge on any atom is -0.382 e. The van der Waals surface area contributed by atoms with Gasteiger partial charge in [0, 0.05) is 5.92 Å². The molecule has 0 aromatic heterocycles. The largest absolute Gasteiger partial charge is 0.382 e. The summed E-state index contributed by atoms with van der Waals surface area (Å²) < 4.78 is 35.9. The molecule has 1 aromatic carbocycles. The Bertz CT molecular complexity index is 641. The van der Waals surface area contributed by atoms with Gasteiger partial charge >= 0.3 is 10.1 Å². The van der Waals surface area contributed by atoms with Crippen molar-refractivity contribution in [1.82, 2.24) is 0 Å². The molecule has 1 saturated carbocycles. The van der Waals surface area contributed by atoms with Gasteiger partial charge in [-0.1, -0.05) is 32.4 Å². The Hall–Kier alpha value is -1.07. The van der Waals surface area contributed by atoms with Crippen LogP contribution in [-0.2, 0) is 14.9 Å². The third kappa shape index (κ3) is 4.56. The summed E-state index contributed by atoms with van der Waals surface area (Å²) in [5.41, 5.74) is 1.23. The summed E-state index contributed by atoms with van der Waals surface area (Å²) in [7, 11) is -3.55. The normalized spacial score (nSPS) is 26.0. The second-order valence-corrected chi connectivity index (χ2v) is 9.49. The van der Waals surface area contributed by atoms with Crippen LogP contribution >= 0.6 is 0 Å². The van der Waals surface area contributed by atoms with E-state index in [1.807, 2.05) is 12.1 Å². The second-order valence-electron chi connectivity index (χ2n) is 7.67. The van der Waals surface area contributed by atoms with Crippen LogP contribution in [0.15, 0.2) is 24.3 Å². The maximum Gasteiger partial charge on any atom is 0.312 e. The molecule has 4 nitrogen and oxygen atoms in total. The summed E-state index contributed by atoms with van der Waals surface area (Å²) in [6.07, 6.45) is 5.62. The van der Waals surface area contributed by atoms with Crippen molar-refractivity contribution in [3.63, 3.8) is 0 Å². The summed E-state index contributed by atoms with van der Waals surface area (Å²) in [6.45, 7) is 6.07. The molecule has 2 fully saturated rings. The Kier molecular flexibility index (Phi) is 6.05. The predicted octanol–water partition coefficient (Wildman–Crippen LogP) is 4.50. The van der Waals surface area contributed by atoms with E-state index in [0.717, 1.165) is 38.9 Å². The number of hydrogen-bond acceptors (Lipinski definition) is 4. The molecule has 1 aliphatic carbocycles. The molecule has 0 radical (unpaired) electrons. The van der Waals surface area contributed by atoms with Crippen molar-refractivity contribution in [2.75, 3.05) is 13.2 Å². The van der Waals surface area contributed by atoms with Crippen LogP contribution < -0.4 is 4.18 Å². The van der Waals surface area contributed by atoms with Crippen LogP contribution in [0.1, 0.15) is 63.9 Å². The molecule has 3 rings (SSSR count). The zero-order chi connectivity index (χ0) is 17.9. The highest BCUT2D eigenvalue weighted by atomic mass is 32.2. The van der Waals surface area contributed by atoms with E-state index in [9.17, 15) is 8.42 Å². The molecule has 1 heterocycles.